The van der Waals surface area contributed by atoms with Gasteiger partial charge in [0.15, 0.2) is 0 Å². The summed E-state index contributed by atoms with van der Waals surface area (Å²) in [4.78, 5) is 0. The highest BCUT2D eigenvalue weighted by atomic mass is 79.9. The summed E-state index contributed by atoms with van der Waals surface area (Å²) in [5.41, 5.74) is 0.941. The zero-order valence-electron chi connectivity index (χ0n) is 8.41. The number of hydrogen-bond donors (Lipinski definition) is 2. The van der Waals surface area contributed by atoms with E-state index in [0.29, 0.717) is 11.8 Å². The molecule has 0 amide bonds. The second kappa shape index (κ2) is 4.81. The van der Waals surface area contributed by atoms with Crippen molar-refractivity contribution in [2.75, 3.05) is 0 Å². The average Bonchev–Trinajstić information content (AvgIpc) is 2.73. The van der Waals surface area contributed by atoms with Gasteiger partial charge in [-0.2, -0.15) is 0 Å². The highest BCUT2D eigenvalue weighted by molar-refractivity contribution is 9.10. The van der Waals surface area contributed by atoms with Crippen LogP contribution >= 0.6 is 15.9 Å². The van der Waals surface area contributed by atoms with E-state index in [0.717, 1.165) is 29.4 Å². The second-order valence-corrected chi connectivity index (χ2v) is 4.62. The number of halogens is 1. The lowest BCUT2D eigenvalue weighted by Gasteiger charge is -2.13. The van der Waals surface area contributed by atoms with Crippen molar-refractivity contribution in [2.24, 2.45) is 0 Å². The van der Waals surface area contributed by atoms with Crippen LogP contribution in [0.2, 0.25) is 0 Å². The Morgan fingerprint density at radius 1 is 1.33 bits per heavy atom. The van der Waals surface area contributed by atoms with Gasteiger partial charge in [-0.05, 0) is 34.8 Å². The maximum atomic E-state index is 9.77. The molecule has 80 valence electrons. The van der Waals surface area contributed by atoms with Crippen LogP contribution in [-0.2, 0) is 6.54 Å². The van der Waals surface area contributed by atoms with Crippen LogP contribution in [0.4, 0.5) is 0 Å². The number of hydrogen-bond acceptors (Lipinski definition) is 2. The molecule has 15 heavy (non-hydrogen) atoms. The SMILES string of the molecule is Oc1c(Br)cccc1CNC1CC=CC1. The van der Waals surface area contributed by atoms with E-state index in [1.165, 1.54) is 0 Å². The van der Waals surface area contributed by atoms with Crippen molar-refractivity contribution in [1.82, 2.24) is 5.32 Å². The van der Waals surface area contributed by atoms with E-state index in [2.05, 4.69) is 33.4 Å². The third-order valence-electron chi connectivity index (χ3n) is 2.66. The lowest BCUT2D eigenvalue weighted by molar-refractivity contribution is 0.454. The number of rotatable bonds is 3. The predicted octanol–water partition coefficient (Wildman–Crippen LogP) is 2.96. The highest BCUT2D eigenvalue weighted by Crippen LogP contribution is 2.27. The summed E-state index contributed by atoms with van der Waals surface area (Å²) in [7, 11) is 0. The van der Waals surface area contributed by atoms with Crippen molar-refractivity contribution >= 4 is 15.9 Å². The van der Waals surface area contributed by atoms with Gasteiger partial charge in [0.25, 0.3) is 0 Å². The molecular weight excluding hydrogens is 254 g/mol. The van der Waals surface area contributed by atoms with Gasteiger partial charge in [-0.3, -0.25) is 0 Å². The van der Waals surface area contributed by atoms with Crippen molar-refractivity contribution in [3.8, 4) is 5.75 Å². The lowest BCUT2D eigenvalue weighted by atomic mass is 10.1. The molecule has 0 unspecified atom stereocenters. The first kappa shape index (κ1) is 10.7. The minimum absolute atomic E-state index is 0.343. The molecule has 0 fully saturated rings. The second-order valence-electron chi connectivity index (χ2n) is 3.77. The number of benzene rings is 1. The predicted molar refractivity (Wildman–Crippen MR) is 64.8 cm³/mol. The Hall–Kier alpha value is -0.800. The first-order valence-electron chi connectivity index (χ1n) is 5.12. The van der Waals surface area contributed by atoms with Crippen molar-refractivity contribution in [3.05, 3.63) is 40.4 Å². The maximum absolute atomic E-state index is 9.77. The Balaban J connectivity index is 1.95. The van der Waals surface area contributed by atoms with E-state index in [-0.39, 0.29) is 0 Å². The number of para-hydroxylation sites is 1. The summed E-state index contributed by atoms with van der Waals surface area (Å²) in [5, 5.41) is 13.2. The van der Waals surface area contributed by atoms with E-state index in [9.17, 15) is 5.11 Å². The van der Waals surface area contributed by atoms with E-state index < -0.39 is 0 Å². The summed E-state index contributed by atoms with van der Waals surface area (Å²) in [6.45, 7) is 0.720. The molecule has 0 heterocycles. The molecule has 0 saturated heterocycles. The van der Waals surface area contributed by atoms with E-state index in [1.54, 1.807) is 0 Å². The van der Waals surface area contributed by atoms with Crippen LogP contribution in [0.25, 0.3) is 0 Å². The number of nitrogens with one attached hydrogen (secondary N) is 1. The summed E-state index contributed by atoms with van der Waals surface area (Å²) >= 11 is 3.31. The van der Waals surface area contributed by atoms with Gasteiger partial charge >= 0.3 is 0 Å². The Bertz CT molecular complexity index is 368. The molecule has 1 aromatic rings. The molecule has 2 rings (SSSR count). The molecule has 3 heteroatoms. The zero-order chi connectivity index (χ0) is 10.7. The number of phenols is 1. The minimum atomic E-state index is 0.343. The first-order valence-corrected chi connectivity index (χ1v) is 5.91. The molecule has 0 saturated carbocycles. The molecule has 1 aliphatic rings. The van der Waals surface area contributed by atoms with Gasteiger partial charge in [0.1, 0.15) is 5.75 Å². The standard InChI is InChI=1S/C12H14BrNO/c13-11-7-3-4-9(12(11)15)8-14-10-5-1-2-6-10/h1-4,7,10,14-15H,5-6,8H2. The molecule has 0 atom stereocenters. The normalized spacial score (nSPS) is 16.1. The van der Waals surface area contributed by atoms with Crippen LogP contribution in [0, 0.1) is 0 Å². The molecule has 0 aliphatic heterocycles. The molecule has 0 radical (unpaired) electrons. The quantitative estimate of drug-likeness (QED) is 0.826. The van der Waals surface area contributed by atoms with Crippen LogP contribution in [0.15, 0.2) is 34.8 Å². The fourth-order valence-corrected chi connectivity index (χ4v) is 2.15. The maximum Gasteiger partial charge on any atom is 0.134 e. The van der Waals surface area contributed by atoms with Crippen molar-refractivity contribution < 1.29 is 5.11 Å². The van der Waals surface area contributed by atoms with E-state index in [4.69, 9.17) is 0 Å². The third kappa shape index (κ3) is 2.61. The number of phenolic OH excluding ortho intramolecular Hbond substituents is 1. The lowest BCUT2D eigenvalue weighted by Crippen LogP contribution is -2.25. The molecule has 1 aliphatic carbocycles. The molecule has 0 spiro atoms. The van der Waals surface area contributed by atoms with Gasteiger partial charge in [-0.15, -0.1) is 0 Å². The largest absolute Gasteiger partial charge is 0.506 e. The van der Waals surface area contributed by atoms with E-state index >= 15 is 0 Å². The molecule has 2 N–H and O–H groups in total. The van der Waals surface area contributed by atoms with Gasteiger partial charge in [0, 0.05) is 18.2 Å². The fraction of sp³-hybridized carbons (Fsp3) is 0.333. The molecule has 1 aromatic carbocycles. The topological polar surface area (TPSA) is 32.3 Å². The average molecular weight is 268 g/mol. The van der Waals surface area contributed by atoms with Crippen LogP contribution in [-0.4, -0.2) is 11.1 Å². The summed E-state index contributed by atoms with van der Waals surface area (Å²) < 4.78 is 0.756. The van der Waals surface area contributed by atoms with Gasteiger partial charge in [0.2, 0.25) is 0 Å². The molecule has 0 bridgehead atoms. The van der Waals surface area contributed by atoms with Gasteiger partial charge < -0.3 is 10.4 Å². The summed E-state index contributed by atoms with van der Waals surface area (Å²) in [6, 6.07) is 6.25. The van der Waals surface area contributed by atoms with Crippen LogP contribution in [0.1, 0.15) is 18.4 Å². The highest BCUT2D eigenvalue weighted by Gasteiger charge is 2.10. The first-order chi connectivity index (χ1) is 7.27. The van der Waals surface area contributed by atoms with Crippen molar-refractivity contribution in [2.45, 2.75) is 25.4 Å². The monoisotopic (exact) mass is 267 g/mol. The van der Waals surface area contributed by atoms with Crippen LogP contribution in [0.3, 0.4) is 0 Å². The van der Waals surface area contributed by atoms with Gasteiger partial charge in [-0.25, -0.2) is 0 Å². The molecule has 2 nitrogen and oxygen atoms in total. The van der Waals surface area contributed by atoms with E-state index in [1.807, 2.05) is 18.2 Å². The third-order valence-corrected chi connectivity index (χ3v) is 3.30. The van der Waals surface area contributed by atoms with Gasteiger partial charge in [0.05, 0.1) is 4.47 Å². The molecule has 0 aromatic heterocycles. The summed E-state index contributed by atoms with van der Waals surface area (Å²) in [5.74, 6) is 0.343. The Labute approximate surface area is 98.1 Å². The van der Waals surface area contributed by atoms with Gasteiger partial charge in [-0.1, -0.05) is 24.3 Å². The van der Waals surface area contributed by atoms with Crippen LogP contribution in [0.5, 0.6) is 5.75 Å². The summed E-state index contributed by atoms with van der Waals surface area (Å²) in [6.07, 6.45) is 6.57. The van der Waals surface area contributed by atoms with Crippen molar-refractivity contribution in [1.29, 1.82) is 0 Å². The fourth-order valence-electron chi connectivity index (χ4n) is 1.74. The van der Waals surface area contributed by atoms with Crippen LogP contribution < -0.4 is 5.32 Å². The van der Waals surface area contributed by atoms with Crippen molar-refractivity contribution in [3.63, 3.8) is 0 Å². The Morgan fingerprint density at radius 3 is 2.80 bits per heavy atom. The Kier molecular flexibility index (Phi) is 3.44. The number of aromatic hydroxyl groups is 1. The molecular formula is C12H14BrNO. The minimum Gasteiger partial charge on any atom is -0.506 e. The smallest absolute Gasteiger partial charge is 0.134 e. The zero-order valence-corrected chi connectivity index (χ0v) is 10.00. The Morgan fingerprint density at radius 2 is 2.07 bits per heavy atom.